The SMILES string of the molecule is Cc1ccc(C(=O)NCC(Cl)CC(C)(C)C)c(C)n1. The van der Waals surface area contributed by atoms with Gasteiger partial charge in [-0.2, -0.15) is 0 Å². The van der Waals surface area contributed by atoms with Gasteiger partial charge in [0.1, 0.15) is 0 Å². The lowest BCUT2D eigenvalue weighted by Gasteiger charge is -2.22. The molecule has 1 unspecified atom stereocenters. The molecule has 0 radical (unpaired) electrons. The van der Waals surface area contributed by atoms with Crippen LogP contribution >= 0.6 is 11.6 Å². The molecular formula is C15H23ClN2O. The maximum atomic E-state index is 12.0. The summed E-state index contributed by atoms with van der Waals surface area (Å²) in [6.45, 7) is 10.6. The highest BCUT2D eigenvalue weighted by Gasteiger charge is 2.18. The van der Waals surface area contributed by atoms with E-state index in [0.717, 1.165) is 17.8 Å². The zero-order valence-electron chi connectivity index (χ0n) is 12.4. The van der Waals surface area contributed by atoms with E-state index < -0.39 is 0 Å². The van der Waals surface area contributed by atoms with Crippen LogP contribution in [0.2, 0.25) is 0 Å². The minimum absolute atomic E-state index is 0.0531. The standard InChI is InChI=1S/C15H23ClN2O/c1-10-6-7-13(11(2)18-10)14(19)17-9-12(16)8-15(3,4)5/h6-7,12H,8-9H2,1-5H3,(H,17,19). The van der Waals surface area contributed by atoms with Gasteiger partial charge in [-0.05, 0) is 37.8 Å². The van der Waals surface area contributed by atoms with Gasteiger partial charge >= 0.3 is 0 Å². The number of pyridine rings is 1. The summed E-state index contributed by atoms with van der Waals surface area (Å²) in [6.07, 6.45) is 0.861. The Morgan fingerprint density at radius 3 is 2.53 bits per heavy atom. The molecule has 3 nitrogen and oxygen atoms in total. The third kappa shape index (κ3) is 5.60. The van der Waals surface area contributed by atoms with Gasteiger partial charge in [0.15, 0.2) is 0 Å². The van der Waals surface area contributed by atoms with Crippen molar-refractivity contribution in [2.75, 3.05) is 6.54 Å². The Balaban J connectivity index is 2.56. The first kappa shape index (κ1) is 16.0. The number of nitrogens with one attached hydrogen (secondary N) is 1. The van der Waals surface area contributed by atoms with Crippen molar-refractivity contribution in [1.82, 2.24) is 10.3 Å². The quantitative estimate of drug-likeness (QED) is 0.859. The Bertz CT molecular complexity index is 452. The molecule has 0 aliphatic rings. The van der Waals surface area contributed by atoms with E-state index in [0.29, 0.717) is 12.1 Å². The van der Waals surface area contributed by atoms with Gasteiger partial charge in [0, 0.05) is 12.2 Å². The number of aryl methyl sites for hydroxylation is 2. The normalized spacial score (nSPS) is 13.2. The predicted octanol–water partition coefficient (Wildman–Crippen LogP) is 3.47. The highest BCUT2D eigenvalue weighted by molar-refractivity contribution is 6.21. The molecule has 106 valence electrons. The lowest BCUT2D eigenvalue weighted by molar-refractivity contribution is 0.0951. The number of rotatable bonds is 4. The number of alkyl halides is 1. The van der Waals surface area contributed by atoms with Gasteiger partial charge in [-0.15, -0.1) is 11.6 Å². The van der Waals surface area contributed by atoms with Crippen molar-refractivity contribution in [3.63, 3.8) is 0 Å². The molecule has 19 heavy (non-hydrogen) atoms. The van der Waals surface area contributed by atoms with E-state index >= 15 is 0 Å². The summed E-state index contributed by atoms with van der Waals surface area (Å²) in [5, 5.41) is 2.82. The number of hydrogen-bond donors (Lipinski definition) is 1. The second kappa shape index (κ2) is 6.38. The first-order chi connectivity index (χ1) is 8.69. The molecule has 1 rings (SSSR count). The zero-order chi connectivity index (χ0) is 14.6. The molecule has 1 amide bonds. The molecule has 1 atom stereocenters. The van der Waals surface area contributed by atoms with Gasteiger partial charge in [-0.1, -0.05) is 20.8 Å². The molecule has 0 fully saturated rings. The first-order valence-electron chi connectivity index (χ1n) is 6.55. The Labute approximate surface area is 120 Å². The van der Waals surface area contributed by atoms with Crippen LogP contribution in [0.1, 0.15) is 48.9 Å². The fourth-order valence-corrected chi connectivity index (χ4v) is 2.50. The van der Waals surface area contributed by atoms with Crippen LogP contribution in [0.5, 0.6) is 0 Å². The van der Waals surface area contributed by atoms with Crippen molar-refractivity contribution >= 4 is 17.5 Å². The fraction of sp³-hybridized carbons (Fsp3) is 0.600. The molecule has 1 heterocycles. The van der Waals surface area contributed by atoms with Gasteiger partial charge in [0.05, 0.1) is 16.6 Å². The van der Waals surface area contributed by atoms with Crippen LogP contribution in [-0.4, -0.2) is 22.8 Å². The van der Waals surface area contributed by atoms with Crippen molar-refractivity contribution in [2.24, 2.45) is 5.41 Å². The Morgan fingerprint density at radius 2 is 2.00 bits per heavy atom. The second-order valence-electron chi connectivity index (χ2n) is 6.16. The fourth-order valence-electron chi connectivity index (χ4n) is 1.96. The van der Waals surface area contributed by atoms with Crippen molar-refractivity contribution < 1.29 is 4.79 Å². The highest BCUT2D eigenvalue weighted by Crippen LogP contribution is 2.23. The number of aromatic nitrogens is 1. The van der Waals surface area contributed by atoms with Gasteiger partial charge in [0.25, 0.3) is 5.91 Å². The van der Waals surface area contributed by atoms with Gasteiger partial charge < -0.3 is 5.32 Å². The Kier molecular flexibility index (Phi) is 5.36. The summed E-state index contributed by atoms with van der Waals surface area (Å²) >= 11 is 6.23. The molecule has 1 N–H and O–H groups in total. The van der Waals surface area contributed by atoms with E-state index in [1.807, 2.05) is 19.9 Å². The zero-order valence-corrected chi connectivity index (χ0v) is 13.1. The van der Waals surface area contributed by atoms with Crippen LogP contribution in [-0.2, 0) is 0 Å². The molecule has 4 heteroatoms. The van der Waals surface area contributed by atoms with Crippen LogP contribution in [0.15, 0.2) is 12.1 Å². The van der Waals surface area contributed by atoms with Crippen LogP contribution in [0.4, 0.5) is 0 Å². The summed E-state index contributed by atoms with van der Waals surface area (Å²) in [5.41, 5.74) is 2.44. The summed E-state index contributed by atoms with van der Waals surface area (Å²) in [6, 6.07) is 3.65. The summed E-state index contributed by atoms with van der Waals surface area (Å²) < 4.78 is 0. The predicted molar refractivity (Wildman–Crippen MR) is 79.8 cm³/mol. The largest absolute Gasteiger partial charge is 0.350 e. The van der Waals surface area contributed by atoms with Crippen molar-refractivity contribution in [3.8, 4) is 0 Å². The van der Waals surface area contributed by atoms with Gasteiger partial charge in [-0.3, -0.25) is 9.78 Å². The van der Waals surface area contributed by atoms with E-state index in [1.165, 1.54) is 0 Å². The average Bonchev–Trinajstić information content (AvgIpc) is 2.23. The maximum Gasteiger partial charge on any atom is 0.253 e. The minimum atomic E-state index is -0.107. The van der Waals surface area contributed by atoms with Crippen LogP contribution in [0.25, 0.3) is 0 Å². The lowest BCUT2D eigenvalue weighted by Crippen LogP contribution is -2.32. The molecule has 1 aromatic rings. The number of carbonyl (C=O) groups is 1. The lowest BCUT2D eigenvalue weighted by atomic mass is 9.90. The van der Waals surface area contributed by atoms with Gasteiger partial charge in [-0.25, -0.2) is 0 Å². The van der Waals surface area contributed by atoms with E-state index in [4.69, 9.17) is 11.6 Å². The van der Waals surface area contributed by atoms with Crippen LogP contribution in [0, 0.1) is 19.3 Å². The van der Waals surface area contributed by atoms with Crippen molar-refractivity contribution in [2.45, 2.75) is 46.4 Å². The Hall–Kier alpha value is -1.09. The molecule has 0 spiro atoms. The van der Waals surface area contributed by atoms with Crippen LogP contribution < -0.4 is 5.32 Å². The van der Waals surface area contributed by atoms with Crippen LogP contribution in [0.3, 0.4) is 0 Å². The molecule has 0 saturated carbocycles. The molecule has 0 aliphatic heterocycles. The first-order valence-corrected chi connectivity index (χ1v) is 6.99. The van der Waals surface area contributed by atoms with E-state index in [1.54, 1.807) is 6.07 Å². The van der Waals surface area contributed by atoms with E-state index in [-0.39, 0.29) is 16.7 Å². The Morgan fingerprint density at radius 1 is 1.37 bits per heavy atom. The van der Waals surface area contributed by atoms with Crippen molar-refractivity contribution in [3.05, 3.63) is 29.1 Å². The minimum Gasteiger partial charge on any atom is -0.350 e. The third-order valence-corrected chi connectivity index (χ3v) is 3.10. The van der Waals surface area contributed by atoms with E-state index in [2.05, 4.69) is 31.1 Å². The highest BCUT2D eigenvalue weighted by atomic mass is 35.5. The number of hydrogen-bond acceptors (Lipinski definition) is 2. The number of halogens is 1. The third-order valence-electron chi connectivity index (χ3n) is 2.79. The topological polar surface area (TPSA) is 42.0 Å². The molecule has 0 bridgehead atoms. The molecule has 0 aliphatic carbocycles. The smallest absolute Gasteiger partial charge is 0.253 e. The molecule has 1 aromatic heterocycles. The summed E-state index contributed by atoms with van der Waals surface area (Å²) in [7, 11) is 0. The average molecular weight is 283 g/mol. The number of carbonyl (C=O) groups excluding carboxylic acids is 1. The summed E-state index contributed by atoms with van der Waals surface area (Å²) in [5.74, 6) is -0.107. The number of nitrogens with zero attached hydrogens (tertiary/aromatic N) is 1. The van der Waals surface area contributed by atoms with Crippen molar-refractivity contribution in [1.29, 1.82) is 0 Å². The molecule has 0 saturated heterocycles. The molecule has 0 aromatic carbocycles. The van der Waals surface area contributed by atoms with E-state index in [9.17, 15) is 4.79 Å². The van der Waals surface area contributed by atoms with Gasteiger partial charge in [0.2, 0.25) is 0 Å². The monoisotopic (exact) mass is 282 g/mol. The summed E-state index contributed by atoms with van der Waals surface area (Å²) in [4.78, 5) is 16.3. The maximum absolute atomic E-state index is 12.0. The molecular weight excluding hydrogens is 260 g/mol. The number of amides is 1. The second-order valence-corrected chi connectivity index (χ2v) is 6.77.